The lowest BCUT2D eigenvalue weighted by atomic mass is 9.50. The van der Waals surface area contributed by atoms with E-state index in [0.29, 0.717) is 24.5 Å². The van der Waals surface area contributed by atoms with Gasteiger partial charge in [0, 0.05) is 18.0 Å². The Hall–Kier alpha value is -1.74. The van der Waals surface area contributed by atoms with Crippen molar-refractivity contribution >= 4 is 8.32 Å². The van der Waals surface area contributed by atoms with E-state index in [-0.39, 0.29) is 29.4 Å². The number of hydrogen-bond acceptors (Lipinski definition) is 6. The summed E-state index contributed by atoms with van der Waals surface area (Å²) in [5, 5.41) is 0. The summed E-state index contributed by atoms with van der Waals surface area (Å²) in [4.78, 5) is 5.98. The monoisotopic (exact) mass is 745 g/mol. The highest BCUT2D eigenvalue weighted by atomic mass is 28.4. The summed E-state index contributed by atoms with van der Waals surface area (Å²) < 4.78 is 28.5. The quantitative estimate of drug-likeness (QED) is 0.185. The molecule has 0 aromatic heterocycles. The number of rotatable bonds is 9. The molecule has 0 N–H and O–H groups in total. The van der Waals surface area contributed by atoms with E-state index < -0.39 is 8.32 Å². The standard InChI is InChI=1S/C46H72N2O4Si/c1-5-53(6-2,7-3)52-41-23-19-15-11-10-12-16-20-24-42-48-34-38-33-45(36-51-42)30-21-17-13-8-9-14-18-22-31-47-32-29-40(38)46(48,44(45)47)43(41)50-35-37-25-27-39(49-4)28-26-37/h11-12,15-16,19,23,25-28,38,40-44H,5-10,13-14,17-18,20-22,24,29-36H2,1-4H3/b15-11-,16-12-,23-19+/t38?,40?,41-,42-,43+,44?,45?,46?/m0/s1. The maximum Gasteiger partial charge on any atom is 0.193 e. The van der Waals surface area contributed by atoms with Crippen LogP contribution < -0.4 is 4.74 Å². The highest BCUT2D eigenvalue weighted by Crippen LogP contribution is 2.66. The molecule has 5 heterocycles. The first-order chi connectivity index (χ1) is 26.0. The van der Waals surface area contributed by atoms with Gasteiger partial charge in [0.1, 0.15) is 18.1 Å². The van der Waals surface area contributed by atoms with Crippen molar-refractivity contribution in [2.45, 2.75) is 165 Å². The first-order valence-electron chi connectivity index (χ1n) is 22.1. The van der Waals surface area contributed by atoms with Crippen LogP contribution in [-0.2, 0) is 20.5 Å². The van der Waals surface area contributed by atoms with E-state index in [0.717, 1.165) is 56.3 Å². The highest BCUT2D eigenvalue weighted by Gasteiger charge is 2.75. The molecule has 7 rings (SSSR count). The minimum Gasteiger partial charge on any atom is -0.497 e. The maximum atomic E-state index is 7.82. The van der Waals surface area contributed by atoms with Crippen LogP contribution in [0.3, 0.4) is 0 Å². The lowest BCUT2D eigenvalue weighted by Crippen LogP contribution is -2.79. The van der Waals surface area contributed by atoms with Gasteiger partial charge in [0.15, 0.2) is 8.32 Å². The maximum absolute atomic E-state index is 7.82. The van der Waals surface area contributed by atoms with Gasteiger partial charge in [-0.2, -0.15) is 0 Å². The summed E-state index contributed by atoms with van der Waals surface area (Å²) in [6.45, 7) is 12.1. The third kappa shape index (κ3) is 7.96. The van der Waals surface area contributed by atoms with E-state index in [1.54, 1.807) is 7.11 Å². The molecule has 0 amide bonds. The van der Waals surface area contributed by atoms with Crippen molar-refractivity contribution < 1.29 is 18.6 Å². The molecule has 4 saturated heterocycles. The highest BCUT2D eigenvalue weighted by molar-refractivity contribution is 6.73. The number of benzene rings is 1. The molecular formula is C46H72N2O4Si. The fourth-order valence-corrected chi connectivity index (χ4v) is 15.0. The average molecular weight is 745 g/mol. The van der Waals surface area contributed by atoms with Crippen LogP contribution in [-0.4, -0.2) is 81.5 Å². The second-order valence-corrected chi connectivity index (χ2v) is 22.3. The van der Waals surface area contributed by atoms with Gasteiger partial charge >= 0.3 is 0 Å². The lowest BCUT2D eigenvalue weighted by Gasteiger charge is -2.66. The molecule has 1 aromatic carbocycles. The summed E-state index contributed by atoms with van der Waals surface area (Å²) >= 11 is 0. The Labute approximate surface area is 323 Å². The molecule has 6 aliphatic rings. The SMILES string of the molecule is CC[Si](CC)(CC)O[C@H]1/C=C/C=C\C/C=C\CC[C@@H]2OCC34CCCCCCCCCCN5CCC6C(CN2C6(C53)[C@@H]1OCc1ccc(OC)cc1)C4. The molecule has 1 aliphatic carbocycles. The molecule has 6 bridgehead atoms. The van der Waals surface area contributed by atoms with Crippen molar-refractivity contribution in [3.63, 3.8) is 0 Å². The van der Waals surface area contributed by atoms with Gasteiger partial charge in [0.2, 0.25) is 0 Å². The molecular weight excluding hydrogens is 673 g/mol. The largest absolute Gasteiger partial charge is 0.497 e. The summed E-state index contributed by atoms with van der Waals surface area (Å²) in [6.07, 6.45) is 31.6. The van der Waals surface area contributed by atoms with Crippen molar-refractivity contribution in [2.75, 3.05) is 33.4 Å². The van der Waals surface area contributed by atoms with Crippen molar-refractivity contribution in [3.05, 3.63) is 66.3 Å². The van der Waals surface area contributed by atoms with Gasteiger partial charge in [0.25, 0.3) is 0 Å². The number of nitrogens with zero attached hydrogens (tertiary/aromatic N) is 2. The number of allylic oxidation sites excluding steroid dienone is 5. The second kappa shape index (κ2) is 18.0. The first kappa shape index (κ1) is 39.5. The smallest absolute Gasteiger partial charge is 0.193 e. The van der Waals surface area contributed by atoms with Gasteiger partial charge in [0.05, 0.1) is 32.0 Å². The van der Waals surface area contributed by atoms with Crippen molar-refractivity contribution in [3.8, 4) is 5.75 Å². The topological polar surface area (TPSA) is 43.4 Å². The van der Waals surface area contributed by atoms with Crippen LogP contribution in [0.25, 0.3) is 0 Å². The van der Waals surface area contributed by atoms with Crippen LogP contribution in [0.4, 0.5) is 0 Å². The zero-order valence-electron chi connectivity index (χ0n) is 33.8. The predicted octanol–water partition coefficient (Wildman–Crippen LogP) is 10.5. The summed E-state index contributed by atoms with van der Waals surface area (Å²) in [5.41, 5.74) is 1.12. The van der Waals surface area contributed by atoms with Crippen LogP contribution >= 0.6 is 0 Å². The molecule has 5 unspecified atom stereocenters. The zero-order valence-corrected chi connectivity index (χ0v) is 34.8. The molecule has 7 heteroatoms. The molecule has 6 nitrogen and oxygen atoms in total. The molecule has 1 spiro atoms. The summed E-state index contributed by atoms with van der Waals surface area (Å²) in [7, 11) is -0.297. The van der Waals surface area contributed by atoms with Crippen LogP contribution in [0.2, 0.25) is 18.1 Å². The fraction of sp³-hybridized carbons (Fsp3) is 0.739. The lowest BCUT2D eigenvalue weighted by molar-refractivity contribution is -0.206. The van der Waals surface area contributed by atoms with Crippen LogP contribution in [0.5, 0.6) is 5.75 Å². The van der Waals surface area contributed by atoms with E-state index in [1.165, 1.54) is 89.3 Å². The molecule has 1 aromatic rings. The molecule has 0 radical (unpaired) electrons. The third-order valence-electron chi connectivity index (χ3n) is 14.9. The van der Waals surface area contributed by atoms with E-state index >= 15 is 0 Å². The second-order valence-electron chi connectivity index (χ2n) is 17.5. The minimum atomic E-state index is -2.05. The normalized spacial score (nSPS) is 37.7. The Morgan fingerprint density at radius 2 is 1.60 bits per heavy atom. The number of hydrogen-bond donors (Lipinski definition) is 0. The summed E-state index contributed by atoms with van der Waals surface area (Å²) in [6, 6.07) is 12.3. The van der Waals surface area contributed by atoms with Crippen molar-refractivity contribution in [1.29, 1.82) is 0 Å². The molecule has 53 heavy (non-hydrogen) atoms. The van der Waals surface area contributed by atoms with Gasteiger partial charge in [-0.3, -0.25) is 9.80 Å². The van der Waals surface area contributed by atoms with E-state index in [2.05, 4.69) is 91.3 Å². The van der Waals surface area contributed by atoms with Crippen LogP contribution in [0.15, 0.2) is 60.7 Å². The molecule has 8 atom stereocenters. The van der Waals surface area contributed by atoms with Gasteiger partial charge in [-0.1, -0.05) is 114 Å². The molecule has 5 aliphatic heterocycles. The van der Waals surface area contributed by atoms with E-state index in [9.17, 15) is 0 Å². The van der Waals surface area contributed by atoms with E-state index in [1.807, 2.05) is 0 Å². The van der Waals surface area contributed by atoms with Crippen LogP contribution in [0, 0.1) is 17.3 Å². The van der Waals surface area contributed by atoms with Gasteiger partial charge in [-0.05, 0) is 106 Å². The molecule has 5 fully saturated rings. The van der Waals surface area contributed by atoms with Crippen molar-refractivity contribution in [1.82, 2.24) is 9.80 Å². The Morgan fingerprint density at radius 3 is 2.36 bits per heavy atom. The number of methoxy groups -OCH3 is 1. The average Bonchev–Trinajstić information content (AvgIpc) is 3.39. The fourth-order valence-electron chi connectivity index (χ4n) is 12.2. The van der Waals surface area contributed by atoms with Crippen LogP contribution in [0.1, 0.15) is 116 Å². The molecule has 1 saturated carbocycles. The first-order valence-corrected chi connectivity index (χ1v) is 24.6. The minimum absolute atomic E-state index is 0.0939. The Kier molecular flexibility index (Phi) is 13.4. The number of piperidine rings is 1. The molecule has 294 valence electrons. The summed E-state index contributed by atoms with van der Waals surface area (Å²) in [5.74, 6) is 2.13. The van der Waals surface area contributed by atoms with Gasteiger partial charge < -0.3 is 18.6 Å². The van der Waals surface area contributed by atoms with Crippen molar-refractivity contribution in [2.24, 2.45) is 17.3 Å². The third-order valence-corrected chi connectivity index (χ3v) is 19.5. The van der Waals surface area contributed by atoms with Gasteiger partial charge in [-0.25, -0.2) is 0 Å². The van der Waals surface area contributed by atoms with E-state index in [4.69, 9.17) is 18.6 Å². The predicted molar refractivity (Wildman–Crippen MR) is 220 cm³/mol. The number of ether oxygens (including phenoxy) is 3. The Bertz CT molecular complexity index is 1390. The zero-order chi connectivity index (χ0) is 36.7. The van der Waals surface area contributed by atoms with Gasteiger partial charge in [-0.15, -0.1) is 0 Å². The Balaban J connectivity index is 1.42. The Morgan fingerprint density at radius 1 is 0.849 bits per heavy atom.